The van der Waals surface area contributed by atoms with Crippen molar-refractivity contribution in [3.63, 3.8) is 0 Å². The molecule has 132 valence electrons. The van der Waals surface area contributed by atoms with Gasteiger partial charge < -0.3 is 10.1 Å². The van der Waals surface area contributed by atoms with Crippen LogP contribution in [-0.4, -0.2) is 27.3 Å². The Labute approximate surface area is 155 Å². The van der Waals surface area contributed by atoms with Crippen LogP contribution in [-0.2, 0) is 16.0 Å². The first kappa shape index (κ1) is 16.8. The van der Waals surface area contributed by atoms with E-state index < -0.39 is 0 Å². The summed E-state index contributed by atoms with van der Waals surface area (Å²) >= 11 is 6.30. The molecule has 6 nitrogen and oxygen atoms in total. The van der Waals surface area contributed by atoms with E-state index in [0.717, 1.165) is 12.0 Å². The number of hydrogen-bond acceptors (Lipinski definition) is 4. The van der Waals surface area contributed by atoms with Gasteiger partial charge in [0.15, 0.2) is 0 Å². The van der Waals surface area contributed by atoms with Crippen LogP contribution >= 0.6 is 11.6 Å². The maximum Gasteiger partial charge on any atom is 0.227 e. The quantitative estimate of drug-likeness (QED) is 0.764. The molecule has 26 heavy (non-hydrogen) atoms. The zero-order valence-corrected chi connectivity index (χ0v) is 14.7. The molecule has 1 atom stereocenters. The fourth-order valence-corrected chi connectivity index (χ4v) is 3.45. The van der Waals surface area contributed by atoms with Crippen LogP contribution in [0.1, 0.15) is 23.7 Å². The molecule has 1 N–H and O–H groups in total. The summed E-state index contributed by atoms with van der Waals surface area (Å²) in [4.78, 5) is 16.6. The van der Waals surface area contributed by atoms with Crippen LogP contribution in [0, 0.1) is 0 Å². The molecule has 0 aliphatic carbocycles. The lowest BCUT2D eigenvalue weighted by molar-refractivity contribution is -0.119. The average Bonchev–Trinajstić information content (AvgIpc) is 3.16. The molecule has 0 bridgehead atoms. The van der Waals surface area contributed by atoms with Gasteiger partial charge in [0.1, 0.15) is 18.3 Å². The van der Waals surface area contributed by atoms with Crippen LogP contribution in [0.25, 0.3) is 5.69 Å². The first-order valence-corrected chi connectivity index (χ1v) is 8.73. The topological polar surface area (TPSA) is 69.0 Å². The molecule has 0 unspecified atom stereocenters. The van der Waals surface area contributed by atoms with E-state index in [2.05, 4.69) is 21.5 Å². The fourth-order valence-electron chi connectivity index (χ4n) is 3.19. The largest absolute Gasteiger partial charge is 0.373 e. The second-order valence-electron chi connectivity index (χ2n) is 6.04. The molecule has 0 saturated carbocycles. The summed E-state index contributed by atoms with van der Waals surface area (Å²) in [6.45, 7) is 0.621. The average molecular weight is 369 g/mol. The lowest BCUT2D eigenvalue weighted by Crippen LogP contribution is -2.22. The van der Waals surface area contributed by atoms with Crippen molar-refractivity contribution < 1.29 is 9.53 Å². The third-order valence-electron chi connectivity index (χ3n) is 4.37. The summed E-state index contributed by atoms with van der Waals surface area (Å²) in [7, 11) is 0. The van der Waals surface area contributed by atoms with Gasteiger partial charge in [0.25, 0.3) is 0 Å². The first-order valence-electron chi connectivity index (χ1n) is 8.35. The Balaban J connectivity index is 1.55. The molecule has 1 amide bonds. The van der Waals surface area contributed by atoms with Gasteiger partial charge in [0.05, 0.1) is 29.8 Å². The van der Waals surface area contributed by atoms with Gasteiger partial charge in [-0.15, -0.1) is 0 Å². The van der Waals surface area contributed by atoms with Gasteiger partial charge in [-0.25, -0.2) is 9.67 Å². The number of aromatic nitrogens is 3. The number of amides is 1. The number of hydrogen-bond donors (Lipinski definition) is 1. The molecule has 0 radical (unpaired) electrons. The molecule has 0 spiro atoms. The number of para-hydroxylation sites is 1. The van der Waals surface area contributed by atoms with Crippen LogP contribution in [0.4, 0.5) is 5.69 Å². The minimum absolute atomic E-state index is 0.143. The van der Waals surface area contributed by atoms with Gasteiger partial charge in [-0.3, -0.25) is 4.79 Å². The third-order valence-corrected chi connectivity index (χ3v) is 4.68. The van der Waals surface area contributed by atoms with Gasteiger partial charge >= 0.3 is 0 Å². The van der Waals surface area contributed by atoms with E-state index >= 15 is 0 Å². The highest BCUT2D eigenvalue weighted by Crippen LogP contribution is 2.31. The monoisotopic (exact) mass is 368 g/mol. The molecule has 0 saturated heterocycles. The van der Waals surface area contributed by atoms with Gasteiger partial charge in [-0.2, -0.15) is 5.10 Å². The van der Waals surface area contributed by atoms with Crippen LogP contribution in [0.15, 0.2) is 55.1 Å². The SMILES string of the molecule is O=C(C[C@@H]1OCCc2ccccc21)Nc1cccc(Cl)c1-n1cncn1. The number of rotatable bonds is 4. The van der Waals surface area contributed by atoms with Crippen molar-refractivity contribution in [3.05, 3.63) is 71.3 Å². The maximum atomic E-state index is 12.6. The molecule has 0 fully saturated rings. The maximum absolute atomic E-state index is 12.6. The Morgan fingerprint density at radius 2 is 2.15 bits per heavy atom. The van der Waals surface area contributed by atoms with E-state index in [4.69, 9.17) is 16.3 Å². The molecule has 7 heteroatoms. The van der Waals surface area contributed by atoms with Crippen molar-refractivity contribution in [1.82, 2.24) is 14.8 Å². The van der Waals surface area contributed by atoms with E-state index in [1.165, 1.54) is 22.9 Å². The smallest absolute Gasteiger partial charge is 0.227 e. The van der Waals surface area contributed by atoms with Crippen LogP contribution in [0.3, 0.4) is 0 Å². The number of benzene rings is 2. The fraction of sp³-hybridized carbons (Fsp3) is 0.211. The zero-order chi connectivity index (χ0) is 17.9. The highest BCUT2D eigenvalue weighted by atomic mass is 35.5. The van der Waals surface area contributed by atoms with E-state index in [-0.39, 0.29) is 18.4 Å². The third kappa shape index (κ3) is 3.34. The highest BCUT2D eigenvalue weighted by molar-refractivity contribution is 6.33. The lowest BCUT2D eigenvalue weighted by atomic mass is 9.95. The van der Waals surface area contributed by atoms with Crippen molar-refractivity contribution in [1.29, 1.82) is 0 Å². The van der Waals surface area contributed by atoms with Crippen LogP contribution in [0.2, 0.25) is 5.02 Å². The van der Waals surface area contributed by atoms with Crippen molar-refractivity contribution in [2.75, 3.05) is 11.9 Å². The molecule has 2 aromatic carbocycles. The molecule has 1 aliphatic heterocycles. The summed E-state index contributed by atoms with van der Waals surface area (Å²) < 4.78 is 7.36. The Morgan fingerprint density at radius 3 is 3.00 bits per heavy atom. The minimum Gasteiger partial charge on any atom is -0.373 e. The molecule has 1 aromatic heterocycles. The van der Waals surface area contributed by atoms with Crippen LogP contribution < -0.4 is 5.32 Å². The van der Waals surface area contributed by atoms with Gasteiger partial charge in [0.2, 0.25) is 5.91 Å². The van der Waals surface area contributed by atoms with Crippen molar-refractivity contribution >= 4 is 23.2 Å². The van der Waals surface area contributed by atoms with E-state index in [1.807, 2.05) is 18.2 Å². The van der Waals surface area contributed by atoms with Crippen molar-refractivity contribution in [3.8, 4) is 5.69 Å². The first-order chi connectivity index (χ1) is 12.7. The molecular weight excluding hydrogens is 352 g/mol. The Bertz CT molecular complexity index is 927. The summed E-state index contributed by atoms with van der Waals surface area (Å²) in [5.74, 6) is -0.143. The highest BCUT2D eigenvalue weighted by Gasteiger charge is 2.23. The number of nitrogens with one attached hydrogen (secondary N) is 1. The van der Waals surface area contributed by atoms with E-state index in [1.54, 1.807) is 18.2 Å². The second kappa shape index (κ2) is 7.27. The molecule has 3 aromatic rings. The summed E-state index contributed by atoms with van der Waals surface area (Å²) in [6, 6.07) is 13.4. The zero-order valence-electron chi connectivity index (χ0n) is 13.9. The molecule has 2 heterocycles. The molecule has 1 aliphatic rings. The minimum atomic E-state index is -0.242. The Morgan fingerprint density at radius 1 is 1.27 bits per heavy atom. The standard InChI is InChI=1S/C19H17ClN4O2/c20-15-6-3-7-16(19(15)24-12-21-11-22-24)23-18(25)10-17-14-5-2-1-4-13(14)8-9-26-17/h1-7,11-12,17H,8-10H2,(H,23,25)/t17-/m0/s1. The number of fused-ring (bicyclic) bond motifs is 1. The predicted octanol–water partition coefficient (Wildman–Crippen LogP) is 3.56. The predicted molar refractivity (Wildman–Crippen MR) is 98.5 cm³/mol. The normalized spacial score (nSPS) is 16.1. The van der Waals surface area contributed by atoms with Gasteiger partial charge in [-0.05, 0) is 29.7 Å². The molecule has 4 rings (SSSR count). The van der Waals surface area contributed by atoms with E-state index in [0.29, 0.717) is 23.0 Å². The van der Waals surface area contributed by atoms with Gasteiger partial charge in [0, 0.05) is 0 Å². The number of nitrogens with zero attached hydrogens (tertiary/aromatic N) is 3. The number of ether oxygens (including phenoxy) is 1. The summed E-state index contributed by atoms with van der Waals surface area (Å²) in [6.07, 6.45) is 3.83. The second-order valence-corrected chi connectivity index (χ2v) is 6.44. The van der Waals surface area contributed by atoms with Crippen LogP contribution in [0.5, 0.6) is 0 Å². The summed E-state index contributed by atoms with van der Waals surface area (Å²) in [5, 5.41) is 7.51. The number of halogens is 1. The van der Waals surface area contributed by atoms with E-state index in [9.17, 15) is 4.79 Å². The van der Waals surface area contributed by atoms with Crippen molar-refractivity contribution in [2.24, 2.45) is 0 Å². The molecular formula is C19H17ClN4O2. The number of anilines is 1. The van der Waals surface area contributed by atoms with Gasteiger partial charge in [-0.1, -0.05) is 41.9 Å². The number of carbonyl (C=O) groups is 1. The van der Waals surface area contributed by atoms with Crippen molar-refractivity contribution in [2.45, 2.75) is 18.9 Å². The lowest BCUT2D eigenvalue weighted by Gasteiger charge is -2.25. The summed E-state index contributed by atoms with van der Waals surface area (Å²) in [5.41, 5.74) is 3.49. The Kier molecular flexibility index (Phi) is 4.69. The number of carbonyl (C=O) groups excluding carboxylic acids is 1. The Hall–Kier alpha value is -2.70.